The fraction of sp³-hybridized carbons (Fsp3) is 0.485. The maximum absolute atomic E-state index is 12.8. The fourth-order valence-corrected chi connectivity index (χ4v) is 3.93. The van der Waals surface area contributed by atoms with Crippen molar-refractivity contribution >= 4 is 24.8 Å². The second-order valence-corrected chi connectivity index (χ2v) is 8.83. The van der Waals surface area contributed by atoms with Gasteiger partial charge < -0.3 is 24.6 Å². The normalized spacial score (nSPS) is 14.1. The van der Waals surface area contributed by atoms with Crippen LogP contribution in [-0.2, 0) is 16.0 Å². The van der Waals surface area contributed by atoms with Crippen molar-refractivity contribution < 1.29 is 14.3 Å². The highest BCUT2D eigenvalue weighted by Crippen LogP contribution is 2.21. The van der Waals surface area contributed by atoms with Crippen molar-refractivity contribution in [1.82, 2.24) is 20.1 Å². The molecule has 1 aromatic rings. The van der Waals surface area contributed by atoms with Gasteiger partial charge in [-0.25, -0.2) is 0 Å². The molecule has 1 aromatic heterocycles. The molecular formula is C33H54N4O3. The first-order chi connectivity index (χ1) is 19.3. The Balaban J connectivity index is 0. The van der Waals surface area contributed by atoms with E-state index in [4.69, 9.17) is 14.5 Å². The maximum atomic E-state index is 12.8. The van der Waals surface area contributed by atoms with Crippen molar-refractivity contribution in [2.45, 2.75) is 66.9 Å². The van der Waals surface area contributed by atoms with Crippen molar-refractivity contribution in [3.8, 4) is 0 Å². The minimum absolute atomic E-state index is 0.0498. The minimum Gasteiger partial charge on any atom is -0.494 e. The van der Waals surface area contributed by atoms with Crippen molar-refractivity contribution in [3.63, 3.8) is 0 Å². The highest BCUT2D eigenvalue weighted by molar-refractivity contribution is 5.95. The molecule has 2 heterocycles. The lowest BCUT2D eigenvalue weighted by molar-refractivity contribution is -0.0980. The number of pyridine rings is 1. The van der Waals surface area contributed by atoms with Gasteiger partial charge in [-0.05, 0) is 39.5 Å². The zero-order valence-electron chi connectivity index (χ0n) is 26.5. The number of nitrogens with one attached hydrogen (secondary N) is 1. The smallest absolute Gasteiger partial charge is 0.255 e. The second-order valence-electron chi connectivity index (χ2n) is 8.83. The molecule has 0 radical (unpaired) electrons. The number of rotatable bonds is 12. The number of nitrogens with zero attached hydrogens (tertiary/aromatic N) is 3. The Labute approximate surface area is 244 Å². The van der Waals surface area contributed by atoms with Gasteiger partial charge >= 0.3 is 0 Å². The van der Waals surface area contributed by atoms with E-state index in [-0.39, 0.29) is 12.0 Å². The Morgan fingerprint density at radius 2 is 1.77 bits per heavy atom. The average molecular weight is 555 g/mol. The monoisotopic (exact) mass is 554 g/mol. The van der Waals surface area contributed by atoms with Crippen LogP contribution in [0.1, 0.15) is 81.7 Å². The lowest BCUT2D eigenvalue weighted by Crippen LogP contribution is -2.30. The summed E-state index contributed by atoms with van der Waals surface area (Å²) in [5.41, 5.74) is 5.69. The van der Waals surface area contributed by atoms with E-state index in [0.29, 0.717) is 12.0 Å². The van der Waals surface area contributed by atoms with Crippen LogP contribution in [0.2, 0.25) is 0 Å². The standard InChI is InChI=1S/C28H40N4O2.2C2H6.CH2O/c1-8-11-21(4)23(18-24-20-29-14-17-34-24)12-15-32(7)16-13-27-25(28(33)31(5)6)19-22(9-2)26(10-3)30-27;3*1-2/h8-11,14,17,19,24,29H,2-3,12-13,15-16,18,20H2,1,4-7H3;2*1-2H3;1H2/b11-8-,23-21-;;;. The minimum atomic E-state index is -0.0498. The van der Waals surface area contributed by atoms with Gasteiger partial charge in [0, 0.05) is 51.8 Å². The molecule has 0 aromatic carbocycles. The fourth-order valence-electron chi connectivity index (χ4n) is 3.93. The molecule has 224 valence electrons. The Hall–Kier alpha value is -3.45. The highest BCUT2D eigenvalue weighted by Gasteiger charge is 2.18. The van der Waals surface area contributed by atoms with E-state index < -0.39 is 0 Å². The Kier molecular flexibility index (Phi) is 22.7. The molecule has 7 nitrogen and oxygen atoms in total. The van der Waals surface area contributed by atoms with Gasteiger partial charge in [0.05, 0.1) is 29.8 Å². The Bertz CT molecular complexity index is 980. The lowest BCUT2D eigenvalue weighted by atomic mass is 9.98. The second kappa shape index (κ2) is 23.4. The molecular weight excluding hydrogens is 500 g/mol. The summed E-state index contributed by atoms with van der Waals surface area (Å²) in [6.45, 7) is 24.5. The predicted octanol–water partition coefficient (Wildman–Crippen LogP) is 6.54. The molecule has 0 aliphatic carbocycles. The van der Waals surface area contributed by atoms with E-state index in [1.807, 2.05) is 53.7 Å². The molecule has 1 aliphatic heterocycles. The van der Waals surface area contributed by atoms with E-state index >= 15 is 0 Å². The van der Waals surface area contributed by atoms with E-state index in [1.165, 1.54) is 11.1 Å². The summed E-state index contributed by atoms with van der Waals surface area (Å²) < 4.78 is 5.77. The first-order valence-corrected chi connectivity index (χ1v) is 14.1. The number of allylic oxidation sites excluding steroid dienone is 3. The molecule has 1 atom stereocenters. The highest BCUT2D eigenvalue weighted by atomic mass is 16.5. The van der Waals surface area contributed by atoms with Gasteiger partial charge in [-0.1, -0.05) is 70.2 Å². The van der Waals surface area contributed by atoms with Gasteiger partial charge in [-0.15, -0.1) is 0 Å². The van der Waals surface area contributed by atoms with Gasteiger partial charge in [-0.3, -0.25) is 9.78 Å². The van der Waals surface area contributed by atoms with Gasteiger partial charge in [-0.2, -0.15) is 0 Å². The zero-order chi connectivity index (χ0) is 31.1. The molecule has 1 amide bonds. The molecule has 7 heteroatoms. The SMILES string of the molecule is C=Cc1cc(C(=O)N(C)C)c(CCN(C)CC/C(CC2CNC=CO2)=C(C)/C=C\C)nc1C=C.C=O.CC.CC. The molecule has 2 rings (SSSR count). The number of carbonyl (C=O) groups is 2. The molecule has 40 heavy (non-hydrogen) atoms. The van der Waals surface area contributed by atoms with Crippen LogP contribution in [0.25, 0.3) is 12.2 Å². The van der Waals surface area contributed by atoms with Crippen LogP contribution in [0.15, 0.2) is 55.0 Å². The summed E-state index contributed by atoms with van der Waals surface area (Å²) in [5, 5.41) is 3.25. The maximum Gasteiger partial charge on any atom is 0.255 e. The number of aromatic nitrogens is 1. The van der Waals surface area contributed by atoms with Crippen LogP contribution < -0.4 is 5.32 Å². The van der Waals surface area contributed by atoms with Crippen LogP contribution in [0.5, 0.6) is 0 Å². The number of amides is 1. The Morgan fingerprint density at radius 1 is 1.12 bits per heavy atom. The first kappa shape index (κ1) is 38.7. The molecule has 1 unspecified atom stereocenters. The predicted molar refractivity (Wildman–Crippen MR) is 172 cm³/mol. The third-order valence-corrected chi connectivity index (χ3v) is 5.99. The lowest BCUT2D eigenvalue weighted by Gasteiger charge is -2.24. The summed E-state index contributed by atoms with van der Waals surface area (Å²) >= 11 is 0. The number of carbonyl (C=O) groups excluding carboxylic acids is 2. The summed E-state index contributed by atoms with van der Waals surface area (Å²) in [7, 11) is 5.63. The van der Waals surface area contributed by atoms with Gasteiger partial charge in [0.25, 0.3) is 5.91 Å². The van der Waals surface area contributed by atoms with Crippen LogP contribution in [0.4, 0.5) is 0 Å². The van der Waals surface area contributed by atoms with E-state index in [9.17, 15) is 4.79 Å². The van der Waals surface area contributed by atoms with Crippen LogP contribution in [-0.4, -0.2) is 74.4 Å². The largest absolute Gasteiger partial charge is 0.494 e. The van der Waals surface area contributed by atoms with Gasteiger partial charge in [0.15, 0.2) is 0 Å². The molecule has 0 saturated carbocycles. The van der Waals surface area contributed by atoms with Gasteiger partial charge in [0.1, 0.15) is 12.9 Å². The molecule has 0 fully saturated rings. The molecule has 1 N–H and O–H groups in total. The van der Waals surface area contributed by atoms with Crippen LogP contribution in [0.3, 0.4) is 0 Å². The van der Waals surface area contributed by atoms with Gasteiger partial charge in [0.2, 0.25) is 0 Å². The summed E-state index contributed by atoms with van der Waals surface area (Å²) in [6.07, 6.45) is 13.9. The summed E-state index contributed by atoms with van der Waals surface area (Å²) in [4.78, 5) is 29.4. The van der Waals surface area contributed by atoms with Crippen LogP contribution in [0, 0.1) is 0 Å². The van der Waals surface area contributed by atoms with E-state index in [2.05, 4.69) is 49.5 Å². The van der Waals surface area contributed by atoms with Crippen molar-refractivity contribution in [2.75, 3.05) is 40.8 Å². The number of hydrogen-bond donors (Lipinski definition) is 1. The summed E-state index contributed by atoms with van der Waals surface area (Å²) in [6, 6.07) is 1.88. The number of ether oxygens (including phenoxy) is 1. The third kappa shape index (κ3) is 13.6. The van der Waals surface area contributed by atoms with Crippen molar-refractivity contribution in [3.05, 3.63) is 77.5 Å². The zero-order valence-corrected chi connectivity index (χ0v) is 26.5. The van der Waals surface area contributed by atoms with Crippen molar-refractivity contribution in [1.29, 1.82) is 0 Å². The van der Waals surface area contributed by atoms with E-state index in [0.717, 1.165) is 49.4 Å². The molecule has 0 bridgehead atoms. The van der Waals surface area contributed by atoms with Crippen molar-refractivity contribution in [2.24, 2.45) is 0 Å². The quantitative estimate of drug-likeness (QED) is 0.296. The Morgan fingerprint density at radius 3 is 2.27 bits per heavy atom. The average Bonchev–Trinajstić information content (AvgIpc) is 3.00. The molecule has 1 aliphatic rings. The number of hydrogen-bond acceptors (Lipinski definition) is 6. The summed E-state index contributed by atoms with van der Waals surface area (Å²) in [5.74, 6) is -0.0498. The van der Waals surface area contributed by atoms with E-state index in [1.54, 1.807) is 37.4 Å². The first-order valence-electron chi connectivity index (χ1n) is 14.1. The number of likely N-dealkylation sites (N-methyl/N-ethyl adjacent to an activating group) is 1. The molecule has 0 spiro atoms. The topological polar surface area (TPSA) is 74.8 Å². The van der Waals surface area contributed by atoms with Crippen LogP contribution >= 0.6 is 0 Å². The molecule has 0 saturated heterocycles. The third-order valence-electron chi connectivity index (χ3n) is 5.99.